The summed E-state index contributed by atoms with van der Waals surface area (Å²) in [7, 11) is 0. The number of ketones is 1. The second-order valence-electron chi connectivity index (χ2n) is 3.33. The molecule has 2 aromatic heterocycles. The number of furan rings is 1. The van der Waals surface area contributed by atoms with E-state index in [0.717, 1.165) is 11.1 Å². The predicted octanol–water partition coefficient (Wildman–Crippen LogP) is 3.84. The maximum Gasteiger partial charge on any atom is 0.238 e. The van der Waals surface area contributed by atoms with Gasteiger partial charge in [-0.15, -0.1) is 11.3 Å². The van der Waals surface area contributed by atoms with E-state index in [2.05, 4.69) is 0 Å². The average molecular weight is 241 g/mol. The van der Waals surface area contributed by atoms with E-state index in [1.54, 1.807) is 12.1 Å². The highest BCUT2D eigenvalue weighted by Crippen LogP contribution is 2.29. The van der Waals surface area contributed by atoms with Gasteiger partial charge < -0.3 is 4.42 Å². The second kappa shape index (κ2) is 3.83. The van der Waals surface area contributed by atoms with Crippen LogP contribution in [-0.2, 0) is 0 Å². The van der Waals surface area contributed by atoms with Gasteiger partial charge in [-0.2, -0.15) is 0 Å². The molecule has 0 fully saturated rings. The Balaban J connectivity index is 2.41. The molecule has 2 rings (SSSR count). The first-order valence-corrected chi connectivity index (χ1v) is 5.64. The van der Waals surface area contributed by atoms with Crippen LogP contribution in [0.4, 0.5) is 0 Å². The summed E-state index contributed by atoms with van der Waals surface area (Å²) >= 11 is 7.20. The minimum Gasteiger partial charge on any atom is -0.461 e. The van der Waals surface area contributed by atoms with Crippen LogP contribution in [-0.4, -0.2) is 5.78 Å². The molecular weight excluding hydrogens is 232 g/mol. The molecule has 0 saturated heterocycles. The van der Waals surface area contributed by atoms with Gasteiger partial charge in [0.2, 0.25) is 5.78 Å². The lowest BCUT2D eigenvalue weighted by atomic mass is 10.2. The molecular formula is C11H9ClO2S. The molecule has 0 saturated carbocycles. The van der Waals surface area contributed by atoms with E-state index >= 15 is 0 Å². The standard InChI is InChI=1S/C11H9ClO2S/c1-6-3-4-14-10(6)9(13)8-5-7(2)11(12)15-8/h3-5H,1-2H3. The van der Waals surface area contributed by atoms with Crippen LogP contribution in [0.5, 0.6) is 0 Å². The Labute approximate surface area is 96.5 Å². The average Bonchev–Trinajstić information content (AvgIpc) is 2.74. The molecule has 0 amide bonds. The fourth-order valence-electron chi connectivity index (χ4n) is 1.29. The molecule has 0 spiro atoms. The summed E-state index contributed by atoms with van der Waals surface area (Å²) < 4.78 is 5.80. The Bertz CT molecular complexity index is 491. The summed E-state index contributed by atoms with van der Waals surface area (Å²) in [5, 5.41) is 0. The van der Waals surface area contributed by atoms with Crippen molar-refractivity contribution in [3.8, 4) is 0 Å². The van der Waals surface area contributed by atoms with Crippen LogP contribution in [0.25, 0.3) is 0 Å². The third-order valence-electron chi connectivity index (χ3n) is 2.15. The fourth-order valence-corrected chi connectivity index (χ4v) is 2.43. The van der Waals surface area contributed by atoms with Crippen LogP contribution in [0.2, 0.25) is 4.34 Å². The summed E-state index contributed by atoms with van der Waals surface area (Å²) in [6, 6.07) is 3.56. The molecule has 2 aromatic rings. The molecule has 0 unspecified atom stereocenters. The Hall–Kier alpha value is -1.06. The van der Waals surface area contributed by atoms with Crippen LogP contribution in [0.1, 0.15) is 26.6 Å². The first kappa shape index (κ1) is 10.5. The normalized spacial score (nSPS) is 10.6. The molecule has 15 heavy (non-hydrogen) atoms. The minimum atomic E-state index is -0.0995. The van der Waals surface area contributed by atoms with E-state index in [9.17, 15) is 4.79 Å². The Morgan fingerprint density at radius 2 is 2.13 bits per heavy atom. The van der Waals surface area contributed by atoms with Crippen molar-refractivity contribution in [3.63, 3.8) is 0 Å². The number of thiophene rings is 1. The zero-order valence-corrected chi connectivity index (χ0v) is 9.91. The van der Waals surface area contributed by atoms with Crippen molar-refractivity contribution in [2.45, 2.75) is 13.8 Å². The SMILES string of the molecule is Cc1ccoc1C(=O)c1cc(C)c(Cl)s1. The first-order valence-electron chi connectivity index (χ1n) is 4.44. The van der Waals surface area contributed by atoms with E-state index in [4.69, 9.17) is 16.0 Å². The predicted molar refractivity (Wildman–Crippen MR) is 60.9 cm³/mol. The monoisotopic (exact) mass is 240 g/mol. The number of hydrogen-bond acceptors (Lipinski definition) is 3. The van der Waals surface area contributed by atoms with Gasteiger partial charge in [0.15, 0.2) is 5.76 Å². The van der Waals surface area contributed by atoms with E-state index in [-0.39, 0.29) is 5.78 Å². The topological polar surface area (TPSA) is 30.2 Å². The zero-order chi connectivity index (χ0) is 11.0. The maximum atomic E-state index is 12.0. The highest BCUT2D eigenvalue weighted by atomic mass is 35.5. The molecule has 0 aliphatic rings. The van der Waals surface area contributed by atoms with E-state index < -0.39 is 0 Å². The van der Waals surface area contributed by atoms with Crippen LogP contribution in [0.15, 0.2) is 22.8 Å². The Morgan fingerprint density at radius 3 is 2.60 bits per heavy atom. The van der Waals surface area contributed by atoms with Gasteiger partial charge in [0.05, 0.1) is 15.5 Å². The second-order valence-corrected chi connectivity index (χ2v) is 4.98. The number of rotatable bonds is 2. The van der Waals surface area contributed by atoms with Gasteiger partial charge >= 0.3 is 0 Å². The van der Waals surface area contributed by atoms with Gasteiger partial charge in [-0.05, 0) is 37.1 Å². The van der Waals surface area contributed by atoms with Crippen molar-refractivity contribution in [2.24, 2.45) is 0 Å². The van der Waals surface area contributed by atoms with Gasteiger partial charge in [0, 0.05) is 0 Å². The van der Waals surface area contributed by atoms with Crippen LogP contribution >= 0.6 is 22.9 Å². The summed E-state index contributed by atoms with van der Waals surface area (Å²) in [5.41, 5.74) is 1.77. The largest absolute Gasteiger partial charge is 0.461 e. The fraction of sp³-hybridized carbons (Fsp3) is 0.182. The molecule has 4 heteroatoms. The molecule has 0 aromatic carbocycles. The molecule has 2 heterocycles. The lowest BCUT2D eigenvalue weighted by Gasteiger charge is -1.93. The third-order valence-corrected chi connectivity index (χ3v) is 3.70. The first-order chi connectivity index (χ1) is 7.09. The molecule has 0 bridgehead atoms. The van der Waals surface area contributed by atoms with Crippen molar-refractivity contribution in [2.75, 3.05) is 0 Å². The Morgan fingerprint density at radius 1 is 1.40 bits per heavy atom. The minimum absolute atomic E-state index is 0.0995. The van der Waals surface area contributed by atoms with Crippen molar-refractivity contribution < 1.29 is 9.21 Å². The maximum absolute atomic E-state index is 12.0. The van der Waals surface area contributed by atoms with Crippen molar-refractivity contribution in [3.05, 3.63) is 44.5 Å². The van der Waals surface area contributed by atoms with E-state index in [1.807, 2.05) is 13.8 Å². The van der Waals surface area contributed by atoms with E-state index in [0.29, 0.717) is 15.0 Å². The summed E-state index contributed by atoms with van der Waals surface area (Å²) in [6.07, 6.45) is 1.52. The number of halogens is 1. The van der Waals surface area contributed by atoms with Gasteiger partial charge in [-0.1, -0.05) is 11.6 Å². The summed E-state index contributed by atoms with van der Waals surface area (Å²) in [4.78, 5) is 12.6. The summed E-state index contributed by atoms with van der Waals surface area (Å²) in [6.45, 7) is 3.73. The lowest BCUT2D eigenvalue weighted by molar-refractivity contribution is 0.101. The molecule has 78 valence electrons. The quantitative estimate of drug-likeness (QED) is 0.747. The van der Waals surface area contributed by atoms with Crippen LogP contribution in [0.3, 0.4) is 0 Å². The highest BCUT2D eigenvalue weighted by Gasteiger charge is 2.18. The molecule has 0 atom stereocenters. The molecule has 0 aliphatic heterocycles. The van der Waals surface area contributed by atoms with Crippen LogP contribution in [0, 0.1) is 13.8 Å². The number of carbonyl (C=O) groups is 1. The van der Waals surface area contributed by atoms with Gasteiger partial charge in [-0.25, -0.2) is 0 Å². The van der Waals surface area contributed by atoms with E-state index in [1.165, 1.54) is 17.6 Å². The molecule has 2 nitrogen and oxygen atoms in total. The van der Waals surface area contributed by atoms with Crippen LogP contribution < -0.4 is 0 Å². The summed E-state index contributed by atoms with van der Waals surface area (Å²) in [5.74, 6) is 0.297. The third kappa shape index (κ3) is 1.85. The smallest absolute Gasteiger partial charge is 0.238 e. The lowest BCUT2D eigenvalue weighted by Crippen LogP contribution is -1.98. The number of aryl methyl sites for hydroxylation is 2. The highest BCUT2D eigenvalue weighted by molar-refractivity contribution is 7.18. The number of carbonyl (C=O) groups excluding carboxylic acids is 1. The van der Waals surface area contributed by atoms with Gasteiger partial charge in [0.1, 0.15) is 0 Å². The Kier molecular flexibility index (Phi) is 2.67. The van der Waals surface area contributed by atoms with Crippen molar-refractivity contribution in [1.29, 1.82) is 0 Å². The van der Waals surface area contributed by atoms with Crippen molar-refractivity contribution >= 4 is 28.7 Å². The molecule has 0 aliphatic carbocycles. The number of hydrogen-bond donors (Lipinski definition) is 0. The molecule has 0 radical (unpaired) electrons. The van der Waals surface area contributed by atoms with Gasteiger partial charge in [-0.3, -0.25) is 4.79 Å². The van der Waals surface area contributed by atoms with Crippen molar-refractivity contribution in [1.82, 2.24) is 0 Å². The molecule has 0 N–H and O–H groups in total. The zero-order valence-electron chi connectivity index (χ0n) is 8.33. The van der Waals surface area contributed by atoms with Gasteiger partial charge in [0.25, 0.3) is 0 Å².